The molecule has 5 nitrogen and oxygen atoms in total. The fourth-order valence-corrected chi connectivity index (χ4v) is 1.47. The van der Waals surface area contributed by atoms with Crippen molar-refractivity contribution in [1.82, 2.24) is 0 Å². The summed E-state index contributed by atoms with van der Waals surface area (Å²) in [7, 11) is 0. The van der Waals surface area contributed by atoms with E-state index in [1.54, 1.807) is 0 Å². The number of carbonyl (C=O) groups excluding carboxylic acids is 1. The lowest BCUT2D eigenvalue weighted by molar-refractivity contribution is 0.00935. The van der Waals surface area contributed by atoms with Gasteiger partial charge in [0.25, 0.3) is 0 Å². The number of aliphatic hydroxyl groups excluding tert-OH is 2. The number of nitrogen functional groups attached to an aromatic ring is 1. The van der Waals surface area contributed by atoms with Crippen molar-refractivity contribution >= 4 is 34.9 Å². The van der Waals surface area contributed by atoms with Crippen LogP contribution in [0.25, 0.3) is 0 Å². The molecule has 4 N–H and O–H groups in total. The van der Waals surface area contributed by atoms with Crippen molar-refractivity contribution in [2.75, 3.05) is 18.9 Å². The number of rotatable bonds is 4. The molecular formula is C10H11Cl2NO4. The second-order valence-electron chi connectivity index (χ2n) is 3.30. The molecule has 1 unspecified atom stereocenters. The van der Waals surface area contributed by atoms with Crippen molar-refractivity contribution in [3.8, 4) is 0 Å². The van der Waals surface area contributed by atoms with Crippen LogP contribution in [0.1, 0.15) is 10.4 Å². The quantitative estimate of drug-likeness (QED) is 0.567. The number of esters is 1. The second kappa shape index (κ2) is 6.07. The highest BCUT2D eigenvalue weighted by Gasteiger charge is 2.16. The zero-order valence-corrected chi connectivity index (χ0v) is 10.2. The highest BCUT2D eigenvalue weighted by Crippen LogP contribution is 2.29. The van der Waals surface area contributed by atoms with E-state index >= 15 is 0 Å². The Morgan fingerprint density at radius 1 is 1.47 bits per heavy atom. The predicted octanol–water partition coefficient (Wildman–Crippen LogP) is 1.09. The first kappa shape index (κ1) is 14.1. The average molecular weight is 280 g/mol. The first-order chi connectivity index (χ1) is 7.95. The van der Waals surface area contributed by atoms with Crippen molar-refractivity contribution in [2.45, 2.75) is 6.10 Å². The highest BCUT2D eigenvalue weighted by atomic mass is 35.5. The molecule has 0 amide bonds. The van der Waals surface area contributed by atoms with Crippen LogP contribution in [0.5, 0.6) is 0 Å². The molecule has 1 rings (SSSR count). The van der Waals surface area contributed by atoms with Crippen LogP contribution in [0.15, 0.2) is 12.1 Å². The summed E-state index contributed by atoms with van der Waals surface area (Å²) in [4.78, 5) is 11.6. The van der Waals surface area contributed by atoms with E-state index in [1.807, 2.05) is 0 Å². The lowest BCUT2D eigenvalue weighted by atomic mass is 10.2. The summed E-state index contributed by atoms with van der Waals surface area (Å²) in [6.45, 7) is -0.837. The number of aliphatic hydroxyl groups is 2. The van der Waals surface area contributed by atoms with Gasteiger partial charge >= 0.3 is 5.97 Å². The maximum Gasteiger partial charge on any atom is 0.339 e. The highest BCUT2D eigenvalue weighted by molar-refractivity contribution is 6.44. The second-order valence-corrected chi connectivity index (χ2v) is 4.08. The van der Waals surface area contributed by atoms with Crippen molar-refractivity contribution in [2.24, 2.45) is 0 Å². The Morgan fingerprint density at radius 2 is 2.12 bits per heavy atom. The zero-order valence-electron chi connectivity index (χ0n) is 8.69. The van der Waals surface area contributed by atoms with E-state index in [9.17, 15) is 4.79 Å². The normalized spacial score (nSPS) is 12.2. The predicted molar refractivity (Wildman–Crippen MR) is 64.2 cm³/mol. The number of hydrogen-bond donors (Lipinski definition) is 3. The Balaban J connectivity index is 2.82. The molecule has 0 saturated carbocycles. The minimum absolute atomic E-state index is 0.0156. The van der Waals surface area contributed by atoms with Gasteiger partial charge in [0.2, 0.25) is 0 Å². The number of hydrogen-bond acceptors (Lipinski definition) is 5. The van der Waals surface area contributed by atoms with Crippen LogP contribution in [0.4, 0.5) is 5.69 Å². The third-order valence-corrected chi connectivity index (χ3v) is 2.69. The zero-order chi connectivity index (χ0) is 13.0. The molecule has 0 saturated heterocycles. The van der Waals surface area contributed by atoms with Gasteiger partial charge in [-0.2, -0.15) is 0 Å². The maximum atomic E-state index is 11.6. The Labute approximate surface area is 108 Å². The summed E-state index contributed by atoms with van der Waals surface area (Å²) >= 11 is 11.6. The summed E-state index contributed by atoms with van der Waals surface area (Å²) in [5.74, 6) is -0.767. The SMILES string of the molecule is Nc1cc(Cl)c(Cl)c(C(=O)OCC(O)CO)c1. The van der Waals surface area contributed by atoms with Crippen molar-refractivity contribution in [3.63, 3.8) is 0 Å². The van der Waals surface area contributed by atoms with Crippen molar-refractivity contribution in [3.05, 3.63) is 27.7 Å². The number of anilines is 1. The molecule has 0 bridgehead atoms. The molecule has 0 heterocycles. The molecular weight excluding hydrogens is 269 g/mol. The molecule has 0 spiro atoms. The van der Waals surface area contributed by atoms with Gasteiger partial charge in [-0.15, -0.1) is 0 Å². The third-order valence-electron chi connectivity index (χ3n) is 1.89. The van der Waals surface area contributed by atoms with Gasteiger partial charge in [0.1, 0.15) is 12.7 Å². The van der Waals surface area contributed by atoms with E-state index in [-0.39, 0.29) is 27.9 Å². The number of ether oxygens (including phenoxy) is 1. The summed E-state index contributed by atoms with van der Waals surface area (Å²) in [6, 6.07) is 2.73. The van der Waals surface area contributed by atoms with Crippen LogP contribution in [0, 0.1) is 0 Å². The van der Waals surface area contributed by atoms with E-state index < -0.39 is 18.7 Å². The molecule has 0 aromatic heterocycles. The largest absolute Gasteiger partial charge is 0.459 e. The van der Waals surface area contributed by atoms with E-state index in [4.69, 9.17) is 43.9 Å². The van der Waals surface area contributed by atoms with E-state index in [0.29, 0.717) is 0 Å². The summed E-state index contributed by atoms with van der Waals surface area (Å²) < 4.78 is 4.72. The molecule has 0 aliphatic carbocycles. The Kier molecular flexibility index (Phi) is 5.02. The minimum Gasteiger partial charge on any atom is -0.459 e. The van der Waals surface area contributed by atoms with Crippen LogP contribution in [-0.4, -0.2) is 35.5 Å². The molecule has 0 aliphatic heterocycles. The summed E-state index contributed by atoms with van der Waals surface area (Å²) in [5.41, 5.74) is 5.80. The third kappa shape index (κ3) is 3.74. The Hall–Kier alpha value is -1.01. The van der Waals surface area contributed by atoms with Gasteiger partial charge in [0.05, 0.1) is 22.2 Å². The van der Waals surface area contributed by atoms with E-state index in [1.165, 1.54) is 12.1 Å². The summed E-state index contributed by atoms with van der Waals surface area (Å²) in [6.07, 6.45) is -1.13. The molecule has 94 valence electrons. The van der Waals surface area contributed by atoms with Crippen LogP contribution in [0.2, 0.25) is 10.0 Å². The van der Waals surface area contributed by atoms with Gasteiger partial charge in [0, 0.05) is 5.69 Å². The first-order valence-corrected chi connectivity index (χ1v) is 5.42. The molecule has 0 aliphatic rings. The lowest BCUT2D eigenvalue weighted by Gasteiger charge is -2.10. The van der Waals surface area contributed by atoms with E-state index in [2.05, 4.69) is 0 Å². The van der Waals surface area contributed by atoms with E-state index in [0.717, 1.165) is 0 Å². The standard InChI is InChI=1S/C10H11Cl2NO4/c11-8-2-5(13)1-7(9(8)12)10(16)17-4-6(15)3-14/h1-2,6,14-15H,3-4,13H2. The fourth-order valence-electron chi connectivity index (χ4n) is 1.06. The van der Waals surface area contributed by atoms with Crippen molar-refractivity contribution < 1.29 is 19.7 Å². The van der Waals surface area contributed by atoms with Crippen LogP contribution in [0.3, 0.4) is 0 Å². The molecule has 0 radical (unpaired) electrons. The van der Waals surface area contributed by atoms with Gasteiger partial charge in [-0.3, -0.25) is 0 Å². The van der Waals surface area contributed by atoms with Crippen LogP contribution in [-0.2, 0) is 4.74 Å². The number of benzene rings is 1. The minimum atomic E-state index is -1.13. The van der Waals surface area contributed by atoms with Gasteiger partial charge in [-0.25, -0.2) is 4.79 Å². The first-order valence-electron chi connectivity index (χ1n) is 4.66. The van der Waals surface area contributed by atoms with Gasteiger partial charge in [-0.1, -0.05) is 23.2 Å². The average Bonchev–Trinajstić information content (AvgIpc) is 2.30. The Morgan fingerprint density at radius 3 is 2.71 bits per heavy atom. The van der Waals surface area contributed by atoms with Gasteiger partial charge < -0.3 is 20.7 Å². The molecule has 1 aromatic carbocycles. The molecule has 1 atom stereocenters. The van der Waals surface area contributed by atoms with Gasteiger partial charge in [-0.05, 0) is 12.1 Å². The lowest BCUT2D eigenvalue weighted by Crippen LogP contribution is -2.22. The molecule has 1 aromatic rings. The number of halogens is 2. The molecule has 0 fully saturated rings. The van der Waals surface area contributed by atoms with Crippen LogP contribution < -0.4 is 5.73 Å². The number of nitrogens with two attached hydrogens (primary N) is 1. The summed E-state index contributed by atoms with van der Waals surface area (Å²) in [5, 5.41) is 17.7. The fraction of sp³-hybridized carbons (Fsp3) is 0.300. The maximum absolute atomic E-state index is 11.6. The topological polar surface area (TPSA) is 92.8 Å². The van der Waals surface area contributed by atoms with Crippen LogP contribution >= 0.6 is 23.2 Å². The molecule has 17 heavy (non-hydrogen) atoms. The number of carbonyl (C=O) groups is 1. The van der Waals surface area contributed by atoms with Gasteiger partial charge in [0.15, 0.2) is 0 Å². The molecule has 7 heteroatoms. The smallest absolute Gasteiger partial charge is 0.339 e. The monoisotopic (exact) mass is 279 g/mol. The Bertz CT molecular complexity index is 425. The van der Waals surface area contributed by atoms with Crippen molar-refractivity contribution in [1.29, 1.82) is 0 Å².